The average Bonchev–Trinajstić information content (AvgIpc) is 3.25. The first kappa shape index (κ1) is 16.5. The van der Waals surface area contributed by atoms with Gasteiger partial charge in [0.25, 0.3) is 11.5 Å². The molecule has 0 aliphatic carbocycles. The quantitative estimate of drug-likeness (QED) is 0.750. The molecule has 3 aromatic heterocycles. The Kier molecular flexibility index (Phi) is 4.26. The van der Waals surface area contributed by atoms with Crippen LogP contribution in [0.3, 0.4) is 0 Å². The monoisotopic (exact) mass is 354 g/mol. The number of nitrogens with one attached hydrogen (secondary N) is 1. The Morgan fingerprint density at radius 3 is 3.08 bits per heavy atom. The molecule has 2 atom stereocenters. The van der Waals surface area contributed by atoms with E-state index in [-0.39, 0.29) is 17.5 Å². The molecule has 1 fully saturated rings. The SMILES string of the molecule is Cc1cc(C[C@@H]2COC[C@@H]2NC(=O)c2cnc3ccccn3c2=O)on1. The third-order valence-corrected chi connectivity index (χ3v) is 4.51. The Balaban J connectivity index is 1.52. The van der Waals surface area contributed by atoms with E-state index in [0.717, 1.165) is 11.5 Å². The molecule has 0 aromatic carbocycles. The highest BCUT2D eigenvalue weighted by Gasteiger charge is 2.31. The molecule has 0 unspecified atom stereocenters. The number of aryl methyl sites for hydroxylation is 1. The number of nitrogens with zero attached hydrogens (tertiary/aromatic N) is 3. The molecule has 1 aliphatic rings. The van der Waals surface area contributed by atoms with Crippen LogP contribution in [0.15, 0.2) is 46.0 Å². The van der Waals surface area contributed by atoms with Crippen molar-refractivity contribution in [2.24, 2.45) is 5.92 Å². The van der Waals surface area contributed by atoms with Gasteiger partial charge in [-0.05, 0) is 19.1 Å². The minimum absolute atomic E-state index is 0.00913. The summed E-state index contributed by atoms with van der Waals surface area (Å²) in [4.78, 5) is 29.3. The molecule has 8 heteroatoms. The van der Waals surface area contributed by atoms with Crippen LogP contribution in [-0.4, -0.2) is 39.7 Å². The maximum atomic E-state index is 12.6. The molecule has 1 aliphatic heterocycles. The maximum Gasteiger partial charge on any atom is 0.270 e. The van der Waals surface area contributed by atoms with Crippen LogP contribution in [-0.2, 0) is 11.2 Å². The summed E-state index contributed by atoms with van der Waals surface area (Å²) in [5, 5.41) is 6.78. The van der Waals surface area contributed by atoms with E-state index in [1.54, 1.807) is 24.4 Å². The number of rotatable bonds is 4. The molecule has 3 aromatic rings. The molecule has 8 nitrogen and oxygen atoms in total. The lowest BCUT2D eigenvalue weighted by Crippen LogP contribution is -2.42. The fourth-order valence-electron chi connectivity index (χ4n) is 3.16. The van der Waals surface area contributed by atoms with Crippen LogP contribution >= 0.6 is 0 Å². The number of hydrogen-bond acceptors (Lipinski definition) is 6. The molecule has 0 radical (unpaired) electrons. The predicted octanol–water partition coefficient (Wildman–Crippen LogP) is 0.978. The van der Waals surface area contributed by atoms with Gasteiger partial charge in [-0.15, -0.1) is 0 Å². The van der Waals surface area contributed by atoms with Crippen molar-refractivity contribution >= 4 is 11.6 Å². The number of hydrogen-bond donors (Lipinski definition) is 1. The zero-order valence-electron chi connectivity index (χ0n) is 14.2. The Hall–Kier alpha value is -3.00. The lowest BCUT2D eigenvalue weighted by Gasteiger charge is -2.17. The molecule has 1 saturated heterocycles. The summed E-state index contributed by atoms with van der Waals surface area (Å²) in [6.45, 7) is 2.77. The number of ether oxygens (including phenoxy) is 1. The molecule has 134 valence electrons. The third-order valence-electron chi connectivity index (χ3n) is 4.51. The summed E-state index contributed by atoms with van der Waals surface area (Å²) in [5.74, 6) is 0.363. The van der Waals surface area contributed by atoms with Gasteiger partial charge in [-0.2, -0.15) is 0 Å². The number of pyridine rings is 1. The fourth-order valence-corrected chi connectivity index (χ4v) is 3.16. The van der Waals surface area contributed by atoms with Gasteiger partial charge in [0.2, 0.25) is 0 Å². The molecule has 0 bridgehead atoms. The molecule has 4 heterocycles. The van der Waals surface area contributed by atoms with Gasteiger partial charge >= 0.3 is 0 Å². The van der Waals surface area contributed by atoms with E-state index >= 15 is 0 Å². The first-order valence-corrected chi connectivity index (χ1v) is 8.39. The summed E-state index contributed by atoms with van der Waals surface area (Å²) in [6, 6.07) is 6.88. The third kappa shape index (κ3) is 3.11. The van der Waals surface area contributed by atoms with Gasteiger partial charge in [0.15, 0.2) is 0 Å². The number of aromatic nitrogens is 3. The van der Waals surface area contributed by atoms with Crippen molar-refractivity contribution in [1.29, 1.82) is 0 Å². The summed E-state index contributed by atoms with van der Waals surface area (Å²) in [5.41, 5.74) is 0.927. The van der Waals surface area contributed by atoms with Gasteiger partial charge in [-0.3, -0.25) is 14.0 Å². The normalized spacial score (nSPS) is 19.7. The lowest BCUT2D eigenvalue weighted by atomic mass is 9.98. The number of amides is 1. The Labute approximate surface area is 148 Å². The summed E-state index contributed by atoms with van der Waals surface area (Å²) < 4.78 is 12.1. The molecule has 1 N–H and O–H groups in total. The second kappa shape index (κ2) is 6.72. The minimum atomic E-state index is -0.449. The van der Waals surface area contributed by atoms with Crippen LogP contribution in [0.1, 0.15) is 21.8 Å². The van der Waals surface area contributed by atoms with Crippen LogP contribution in [0.25, 0.3) is 5.65 Å². The number of carbonyl (C=O) groups excluding carboxylic acids is 1. The predicted molar refractivity (Wildman–Crippen MR) is 92.0 cm³/mol. The van der Waals surface area contributed by atoms with E-state index < -0.39 is 11.5 Å². The standard InChI is InChI=1S/C18H18N4O4/c1-11-6-13(26-21-11)7-12-9-25-10-15(12)20-17(23)14-8-19-16-4-2-3-5-22(16)18(14)24/h2-6,8,12,15H,7,9-10H2,1H3,(H,20,23)/t12-,15+/m1/s1. The van der Waals surface area contributed by atoms with E-state index in [1.165, 1.54) is 10.6 Å². The molecule has 26 heavy (non-hydrogen) atoms. The van der Waals surface area contributed by atoms with Gasteiger partial charge < -0.3 is 14.6 Å². The van der Waals surface area contributed by atoms with E-state index in [1.807, 2.05) is 13.0 Å². The Morgan fingerprint density at radius 1 is 1.38 bits per heavy atom. The van der Waals surface area contributed by atoms with Gasteiger partial charge in [0, 0.05) is 30.8 Å². The maximum absolute atomic E-state index is 12.6. The van der Waals surface area contributed by atoms with E-state index in [4.69, 9.17) is 9.26 Å². The average molecular weight is 354 g/mol. The second-order valence-electron chi connectivity index (χ2n) is 6.42. The van der Waals surface area contributed by atoms with Gasteiger partial charge in [0.05, 0.1) is 24.9 Å². The molecule has 0 spiro atoms. The summed E-state index contributed by atoms with van der Waals surface area (Å²) >= 11 is 0. The molecule has 1 amide bonds. The first-order chi connectivity index (χ1) is 12.6. The second-order valence-corrected chi connectivity index (χ2v) is 6.42. The van der Waals surface area contributed by atoms with Crippen molar-refractivity contribution in [3.63, 3.8) is 0 Å². The van der Waals surface area contributed by atoms with Gasteiger partial charge in [0.1, 0.15) is 17.0 Å². The number of fused-ring (bicyclic) bond motifs is 1. The summed E-state index contributed by atoms with van der Waals surface area (Å²) in [7, 11) is 0. The van der Waals surface area contributed by atoms with Crippen molar-refractivity contribution in [2.75, 3.05) is 13.2 Å². The van der Waals surface area contributed by atoms with Gasteiger partial charge in [-0.25, -0.2) is 4.98 Å². The van der Waals surface area contributed by atoms with Crippen LogP contribution in [0, 0.1) is 12.8 Å². The zero-order chi connectivity index (χ0) is 18.1. The smallest absolute Gasteiger partial charge is 0.270 e. The van der Waals surface area contributed by atoms with Crippen molar-refractivity contribution in [2.45, 2.75) is 19.4 Å². The number of carbonyl (C=O) groups is 1. The summed E-state index contributed by atoms with van der Waals surface area (Å²) in [6.07, 6.45) is 3.52. The van der Waals surface area contributed by atoms with Gasteiger partial charge in [-0.1, -0.05) is 11.2 Å². The van der Waals surface area contributed by atoms with Crippen LogP contribution in [0.5, 0.6) is 0 Å². The fraction of sp³-hybridized carbons (Fsp3) is 0.333. The van der Waals surface area contributed by atoms with E-state index in [2.05, 4.69) is 15.5 Å². The molecular weight excluding hydrogens is 336 g/mol. The van der Waals surface area contributed by atoms with Crippen molar-refractivity contribution in [3.8, 4) is 0 Å². The highest BCUT2D eigenvalue weighted by molar-refractivity contribution is 5.94. The van der Waals surface area contributed by atoms with Crippen LogP contribution in [0.2, 0.25) is 0 Å². The van der Waals surface area contributed by atoms with E-state index in [0.29, 0.717) is 25.3 Å². The minimum Gasteiger partial charge on any atom is -0.379 e. The van der Waals surface area contributed by atoms with Crippen molar-refractivity contribution in [3.05, 3.63) is 64.0 Å². The van der Waals surface area contributed by atoms with Crippen LogP contribution in [0.4, 0.5) is 0 Å². The molecule has 0 saturated carbocycles. The van der Waals surface area contributed by atoms with Crippen molar-refractivity contribution in [1.82, 2.24) is 19.9 Å². The highest BCUT2D eigenvalue weighted by atomic mass is 16.5. The first-order valence-electron chi connectivity index (χ1n) is 8.39. The van der Waals surface area contributed by atoms with E-state index in [9.17, 15) is 9.59 Å². The van der Waals surface area contributed by atoms with Crippen LogP contribution < -0.4 is 10.9 Å². The molecular formula is C18H18N4O4. The lowest BCUT2D eigenvalue weighted by molar-refractivity contribution is 0.0922. The topological polar surface area (TPSA) is 98.7 Å². The zero-order valence-corrected chi connectivity index (χ0v) is 14.2. The Morgan fingerprint density at radius 2 is 2.27 bits per heavy atom. The largest absolute Gasteiger partial charge is 0.379 e. The Bertz CT molecular complexity index is 1010. The molecule has 4 rings (SSSR count). The highest BCUT2D eigenvalue weighted by Crippen LogP contribution is 2.20. The van der Waals surface area contributed by atoms with Crippen molar-refractivity contribution < 1.29 is 14.1 Å².